The Balaban J connectivity index is 2.04. The van der Waals surface area contributed by atoms with Gasteiger partial charge in [-0.3, -0.25) is 0 Å². The highest BCUT2D eigenvalue weighted by Crippen LogP contribution is 2.41. The van der Waals surface area contributed by atoms with Crippen molar-refractivity contribution in [3.63, 3.8) is 0 Å². The zero-order valence-corrected chi connectivity index (χ0v) is 12.6. The molecule has 118 valence electrons. The minimum absolute atomic E-state index is 0.0101. The van der Waals surface area contributed by atoms with E-state index in [0.717, 1.165) is 6.92 Å². The van der Waals surface area contributed by atoms with Crippen LogP contribution in [0, 0.1) is 17.6 Å². The summed E-state index contributed by atoms with van der Waals surface area (Å²) in [6.07, 6.45) is 2.98. The molecule has 0 atom stereocenters. The normalized spacial score (nSPS) is 23.3. The fourth-order valence-corrected chi connectivity index (χ4v) is 3.38. The van der Waals surface area contributed by atoms with Crippen LogP contribution in [0.4, 0.5) is 17.6 Å². The topological polar surface area (TPSA) is 0 Å². The lowest BCUT2D eigenvalue weighted by molar-refractivity contribution is -0.00937. The van der Waals surface area contributed by atoms with E-state index in [1.165, 1.54) is 0 Å². The molecule has 2 rings (SSSR count). The number of halogens is 4. The van der Waals surface area contributed by atoms with Gasteiger partial charge in [-0.05, 0) is 62.0 Å². The van der Waals surface area contributed by atoms with Crippen molar-refractivity contribution in [2.24, 2.45) is 5.92 Å². The summed E-state index contributed by atoms with van der Waals surface area (Å²) >= 11 is 0. The minimum atomic E-state index is -2.64. The minimum Gasteiger partial charge on any atom is -0.207 e. The molecule has 0 heterocycles. The Hall–Kier alpha value is -1.06. The van der Waals surface area contributed by atoms with Crippen molar-refractivity contribution in [3.05, 3.63) is 34.9 Å². The summed E-state index contributed by atoms with van der Waals surface area (Å²) in [5.41, 5.74) is 0.793. The third-order valence-corrected chi connectivity index (χ3v) is 4.51. The molecule has 1 aromatic rings. The molecule has 0 unspecified atom stereocenters. The molecule has 0 N–H and O–H groups in total. The largest absolute Gasteiger partial charge is 0.245 e. The van der Waals surface area contributed by atoms with Gasteiger partial charge >= 0.3 is 0 Å². The number of alkyl halides is 2. The van der Waals surface area contributed by atoms with E-state index in [1.54, 1.807) is 19.1 Å². The van der Waals surface area contributed by atoms with Gasteiger partial charge in [0.05, 0.1) is 0 Å². The Morgan fingerprint density at radius 2 is 1.67 bits per heavy atom. The van der Waals surface area contributed by atoms with Crippen molar-refractivity contribution in [1.29, 1.82) is 0 Å². The van der Waals surface area contributed by atoms with Crippen LogP contribution in [-0.4, -0.2) is 5.92 Å². The lowest BCUT2D eigenvalue weighted by Crippen LogP contribution is -2.21. The van der Waals surface area contributed by atoms with Crippen molar-refractivity contribution in [2.45, 2.75) is 64.2 Å². The maximum Gasteiger partial charge on any atom is 0.245 e. The summed E-state index contributed by atoms with van der Waals surface area (Å²) in [6, 6.07) is 3.30. The number of hydrogen-bond acceptors (Lipinski definition) is 0. The molecule has 0 spiro atoms. The molecule has 1 fully saturated rings. The van der Waals surface area contributed by atoms with Crippen molar-refractivity contribution in [1.82, 2.24) is 0 Å². The van der Waals surface area contributed by atoms with Gasteiger partial charge in [0, 0.05) is 6.42 Å². The van der Waals surface area contributed by atoms with E-state index in [0.29, 0.717) is 43.2 Å². The molecule has 0 aromatic heterocycles. The quantitative estimate of drug-likeness (QED) is 0.612. The van der Waals surface area contributed by atoms with Crippen molar-refractivity contribution >= 4 is 0 Å². The average Bonchev–Trinajstić information content (AvgIpc) is 2.41. The van der Waals surface area contributed by atoms with Gasteiger partial charge in [0.25, 0.3) is 0 Å². The molecule has 0 saturated heterocycles. The molecule has 0 aliphatic heterocycles. The van der Waals surface area contributed by atoms with Crippen LogP contribution < -0.4 is 0 Å². The lowest BCUT2D eigenvalue weighted by Gasteiger charge is -2.30. The van der Waals surface area contributed by atoms with Crippen LogP contribution in [-0.2, 0) is 6.42 Å². The molecule has 0 amide bonds. The molecule has 4 heteroatoms. The smallest absolute Gasteiger partial charge is 0.207 e. The van der Waals surface area contributed by atoms with E-state index in [2.05, 4.69) is 0 Å². The molecule has 1 aliphatic carbocycles. The fourth-order valence-electron chi connectivity index (χ4n) is 3.38. The monoisotopic (exact) mass is 302 g/mol. The highest BCUT2D eigenvalue weighted by molar-refractivity contribution is 5.29. The van der Waals surface area contributed by atoms with Crippen LogP contribution in [0.15, 0.2) is 12.1 Å². The highest BCUT2D eigenvalue weighted by Gasteiger charge is 2.31. The van der Waals surface area contributed by atoms with Crippen LogP contribution in [0.1, 0.15) is 63.0 Å². The maximum absolute atomic E-state index is 14.1. The standard InChI is InChI=1S/C17H22F4/c1-3-12-8-9-14(16(19)15(12)18)13-6-4-11(5-7-13)10-17(2,20)21/h8-9,11,13H,3-7,10H2,1-2H3. The second-order valence-corrected chi connectivity index (χ2v) is 6.29. The number of aryl methyl sites for hydroxylation is 1. The first-order valence-corrected chi connectivity index (χ1v) is 7.66. The van der Waals surface area contributed by atoms with Gasteiger partial charge in [-0.2, -0.15) is 0 Å². The summed E-state index contributed by atoms with van der Waals surface area (Å²) in [7, 11) is 0. The van der Waals surface area contributed by atoms with Gasteiger partial charge < -0.3 is 0 Å². The zero-order chi connectivity index (χ0) is 15.6. The summed E-state index contributed by atoms with van der Waals surface area (Å²) < 4.78 is 54.0. The predicted octanol–water partition coefficient (Wildman–Crippen LogP) is 5.85. The van der Waals surface area contributed by atoms with E-state index in [1.807, 2.05) is 0 Å². The molecule has 1 aliphatic rings. The molecule has 0 radical (unpaired) electrons. The predicted molar refractivity (Wildman–Crippen MR) is 75.7 cm³/mol. The lowest BCUT2D eigenvalue weighted by atomic mass is 9.76. The van der Waals surface area contributed by atoms with E-state index in [9.17, 15) is 17.6 Å². The van der Waals surface area contributed by atoms with Gasteiger partial charge in [-0.25, -0.2) is 17.6 Å². The Labute approximate surface area is 123 Å². The molecular formula is C17H22F4. The van der Waals surface area contributed by atoms with Gasteiger partial charge in [-0.1, -0.05) is 19.1 Å². The van der Waals surface area contributed by atoms with Gasteiger partial charge in [-0.15, -0.1) is 0 Å². The van der Waals surface area contributed by atoms with E-state index < -0.39 is 17.6 Å². The molecular weight excluding hydrogens is 280 g/mol. The third-order valence-electron chi connectivity index (χ3n) is 4.51. The molecule has 1 saturated carbocycles. The maximum atomic E-state index is 14.1. The average molecular weight is 302 g/mol. The number of benzene rings is 1. The van der Waals surface area contributed by atoms with Crippen LogP contribution in [0.25, 0.3) is 0 Å². The summed E-state index contributed by atoms with van der Waals surface area (Å²) in [4.78, 5) is 0. The first-order valence-electron chi connectivity index (χ1n) is 7.66. The van der Waals surface area contributed by atoms with Crippen molar-refractivity contribution < 1.29 is 17.6 Å². The third kappa shape index (κ3) is 3.98. The van der Waals surface area contributed by atoms with Gasteiger partial charge in [0.15, 0.2) is 11.6 Å². The Morgan fingerprint density at radius 3 is 2.19 bits per heavy atom. The van der Waals surface area contributed by atoms with Crippen molar-refractivity contribution in [3.8, 4) is 0 Å². The van der Waals surface area contributed by atoms with Crippen LogP contribution in [0.5, 0.6) is 0 Å². The van der Waals surface area contributed by atoms with Crippen LogP contribution >= 0.6 is 0 Å². The fraction of sp³-hybridized carbons (Fsp3) is 0.647. The van der Waals surface area contributed by atoms with E-state index in [-0.39, 0.29) is 18.3 Å². The molecule has 21 heavy (non-hydrogen) atoms. The second kappa shape index (κ2) is 6.37. The highest BCUT2D eigenvalue weighted by atomic mass is 19.3. The molecule has 1 aromatic carbocycles. The number of hydrogen-bond donors (Lipinski definition) is 0. The van der Waals surface area contributed by atoms with Crippen LogP contribution in [0.2, 0.25) is 0 Å². The summed E-state index contributed by atoms with van der Waals surface area (Å²) in [5.74, 6) is -4.20. The van der Waals surface area contributed by atoms with Crippen LogP contribution in [0.3, 0.4) is 0 Å². The zero-order valence-electron chi connectivity index (χ0n) is 12.6. The van der Waals surface area contributed by atoms with Gasteiger partial charge in [0.1, 0.15) is 0 Å². The first-order chi connectivity index (χ1) is 9.81. The Morgan fingerprint density at radius 1 is 1.05 bits per heavy atom. The van der Waals surface area contributed by atoms with Crippen molar-refractivity contribution in [2.75, 3.05) is 0 Å². The Kier molecular flexibility index (Phi) is 4.95. The van der Waals surface area contributed by atoms with E-state index in [4.69, 9.17) is 0 Å². The SMILES string of the molecule is CCc1ccc(C2CCC(CC(C)(F)F)CC2)c(F)c1F. The van der Waals surface area contributed by atoms with Gasteiger partial charge in [0.2, 0.25) is 5.92 Å². The summed E-state index contributed by atoms with van der Waals surface area (Å²) in [5, 5.41) is 0. The Bertz CT molecular complexity index is 482. The van der Waals surface area contributed by atoms with E-state index >= 15 is 0 Å². The molecule has 0 nitrogen and oxygen atoms in total. The molecule has 0 bridgehead atoms. The number of rotatable bonds is 4. The first kappa shape index (κ1) is 16.3. The summed E-state index contributed by atoms with van der Waals surface area (Å²) in [6.45, 7) is 2.73. The second-order valence-electron chi connectivity index (χ2n) is 6.29.